The summed E-state index contributed by atoms with van der Waals surface area (Å²) < 4.78 is 10.7. The molecular formula is C16H15NO3. The maximum absolute atomic E-state index is 11.7. The van der Waals surface area contributed by atoms with E-state index in [0.29, 0.717) is 18.9 Å². The lowest BCUT2D eigenvalue weighted by molar-refractivity contribution is -0.116. The first kappa shape index (κ1) is 12.5. The van der Waals surface area contributed by atoms with Gasteiger partial charge in [-0.1, -0.05) is 18.2 Å². The zero-order valence-electron chi connectivity index (χ0n) is 10.9. The minimum Gasteiger partial charge on any atom is -0.493 e. The number of hydrogen-bond donors (Lipinski definition) is 1. The minimum atomic E-state index is -0.134. The molecule has 0 spiro atoms. The van der Waals surface area contributed by atoms with Crippen LogP contribution in [0.4, 0.5) is 0 Å². The van der Waals surface area contributed by atoms with Gasteiger partial charge in [0.15, 0.2) is 0 Å². The molecule has 2 aromatic rings. The number of carbonyl (C=O) groups is 1. The second-order valence-electron chi connectivity index (χ2n) is 4.64. The van der Waals surface area contributed by atoms with Crippen LogP contribution in [0.25, 0.3) is 6.08 Å². The Kier molecular flexibility index (Phi) is 3.54. The third-order valence-electron chi connectivity index (χ3n) is 3.26. The molecule has 0 fully saturated rings. The molecule has 0 aliphatic carbocycles. The van der Waals surface area contributed by atoms with E-state index in [1.807, 2.05) is 24.3 Å². The lowest BCUT2D eigenvalue weighted by atomic mass is 10.0. The molecule has 1 amide bonds. The molecule has 4 nitrogen and oxygen atoms in total. The van der Waals surface area contributed by atoms with Crippen LogP contribution in [0.15, 0.2) is 53.2 Å². The number of hydrogen-bond acceptors (Lipinski definition) is 3. The molecule has 1 aliphatic heterocycles. The van der Waals surface area contributed by atoms with E-state index in [2.05, 4.69) is 5.32 Å². The molecule has 1 aliphatic rings. The van der Waals surface area contributed by atoms with Gasteiger partial charge < -0.3 is 14.5 Å². The Morgan fingerprint density at radius 2 is 2.20 bits per heavy atom. The number of nitrogens with one attached hydrogen (secondary N) is 1. The second-order valence-corrected chi connectivity index (χ2v) is 4.64. The van der Waals surface area contributed by atoms with Gasteiger partial charge >= 0.3 is 0 Å². The lowest BCUT2D eigenvalue weighted by Gasteiger charge is -2.08. The molecule has 2 heterocycles. The number of para-hydroxylation sites is 1. The summed E-state index contributed by atoms with van der Waals surface area (Å²) in [5.41, 5.74) is 1.16. The van der Waals surface area contributed by atoms with Crippen molar-refractivity contribution in [2.24, 2.45) is 0 Å². The van der Waals surface area contributed by atoms with Crippen LogP contribution in [0.2, 0.25) is 0 Å². The summed E-state index contributed by atoms with van der Waals surface area (Å²) >= 11 is 0. The summed E-state index contributed by atoms with van der Waals surface area (Å²) in [5.74, 6) is 1.66. The fourth-order valence-electron chi connectivity index (χ4n) is 2.22. The number of amides is 1. The van der Waals surface area contributed by atoms with Crippen LogP contribution in [0.5, 0.6) is 5.75 Å². The van der Waals surface area contributed by atoms with Crippen molar-refractivity contribution in [1.29, 1.82) is 0 Å². The molecule has 4 heteroatoms. The summed E-state index contributed by atoms with van der Waals surface area (Å²) in [5, 5.41) is 2.88. The molecule has 1 N–H and O–H groups in total. The van der Waals surface area contributed by atoms with Crippen molar-refractivity contribution < 1.29 is 13.9 Å². The van der Waals surface area contributed by atoms with Crippen molar-refractivity contribution in [3.63, 3.8) is 0 Å². The van der Waals surface area contributed by atoms with E-state index in [-0.39, 0.29) is 11.8 Å². The van der Waals surface area contributed by atoms with Crippen LogP contribution in [0, 0.1) is 0 Å². The summed E-state index contributed by atoms with van der Waals surface area (Å²) in [6, 6.07) is 11.5. The minimum absolute atomic E-state index is 0.134. The molecule has 0 saturated carbocycles. The van der Waals surface area contributed by atoms with Gasteiger partial charge in [0.25, 0.3) is 0 Å². The van der Waals surface area contributed by atoms with Crippen LogP contribution < -0.4 is 10.1 Å². The highest BCUT2D eigenvalue weighted by Crippen LogP contribution is 2.32. The molecule has 0 radical (unpaired) electrons. The molecule has 1 atom stereocenters. The van der Waals surface area contributed by atoms with Crippen LogP contribution in [-0.4, -0.2) is 19.1 Å². The van der Waals surface area contributed by atoms with E-state index < -0.39 is 0 Å². The van der Waals surface area contributed by atoms with Crippen molar-refractivity contribution in [2.45, 2.75) is 5.92 Å². The number of ether oxygens (including phenoxy) is 1. The van der Waals surface area contributed by atoms with Crippen molar-refractivity contribution in [1.82, 2.24) is 5.32 Å². The van der Waals surface area contributed by atoms with Crippen LogP contribution in [0.3, 0.4) is 0 Å². The molecule has 1 aromatic carbocycles. The molecule has 1 aromatic heterocycles. The van der Waals surface area contributed by atoms with Crippen molar-refractivity contribution in [3.8, 4) is 5.75 Å². The van der Waals surface area contributed by atoms with Gasteiger partial charge in [-0.05, 0) is 24.3 Å². The lowest BCUT2D eigenvalue weighted by Crippen LogP contribution is -2.27. The third-order valence-corrected chi connectivity index (χ3v) is 3.26. The molecule has 0 bridgehead atoms. The monoisotopic (exact) mass is 269 g/mol. The van der Waals surface area contributed by atoms with Gasteiger partial charge in [-0.3, -0.25) is 4.79 Å². The quantitative estimate of drug-likeness (QED) is 0.868. The Bertz CT molecular complexity index is 616. The Hall–Kier alpha value is -2.49. The van der Waals surface area contributed by atoms with Gasteiger partial charge in [-0.2, -0.15) is 0 Å². The molecule has 3 rings (SSSR count). The summed E-state index contributed by atoms with van der Waals surface area (Å²) in [6.07, 6.45) is 4.69. The van der Waals surface area contributed by atoms with Crippen molar-refractivity contribution in [3.05, 3.63) is 60.1 Å². The van der Waals surface area contributed by atoms with E-state index in [0.717, 1.165) is 11.3 Å². The second kappa shape index (κ2) is 5.65. The Morgan fingerprint density at radius 1 is 1.30 bits per heavy atom. The SMILES string of the molecule is O=C(C=Cc1ccco1)NCC1COc2ccccc21. The zero-order chi connectivity index (χ0) is 13.8. The molecule has 102 valence electrons. The highest BCUT2D eigenvalue weighted by Gasteiger charge is 2.23. The first-order valence-electron chi connectivity index (χ1n) is 6.54. The molecule has 1 unspecified atom stereocenters. The van der Waals surface area contributed by atoms with E-state index >= 15 is 0 Å². The van der Waals surface area contributed by atoms with Crippen molar-refractivity contribution >= 4 is 12.0 Å². The van der Waals surface area contributed by atoms with E-state index in [1.165, 1.54) is 6.08 Å². The Morgan fingerprint density at radius 3 is 3.05 bits per heavy atom. The van der Waals surface area contributed by atoms with Gasteiger partial charge in [-0.25, -0.2) is 0 Å². The number of furan rings is 1. The maximum atomic E-state index is 11.7. The molecular weight excluding hydrogens is 254 g/mol. The highest BCUT2D eigenvalue weighted by atomic mass is 16.5. The Labute approximate surface area is 117 Å². The average molecular weight is 269 g/mol. The van der Waals surface area contributed by atoms with E-state index in [4.69, 9.17) is 9.15 Å². The van der Waals surface area contributed by atoms with Gasteiger partial charge in [-0.15, -0.1) is 0 Å². The zero-order valence-corrected chi connectivity index (χ0v) is 10.9. The average Bonchev–Trinajstić information content (AvgIpc) is 3.12. The number of carbonyl (C=O) groups excluding carboxylic acids is 1. The fraction of sp³-hybridized carbons (Fsp3) is 0.188. The number of fused-ring (bicyclic) bond motifs is 1. The van der Waals surface area contributed by atoms with Crippen LogP contribution in [0.1, 0.15) is 17.2 Å². The van der Waals surface area contributed by atoms with E-state index in [9.17, 15) is 4.79 Å². The fourth-order valence-corrected chi connectivity index (χ4v) is 2.22. The third kappa shape index (κ3) is 2.74. The Balaban J connectivity index is 1.54. The van der Waals surface area contributed by atoms with Gasteiger partial charge in [0.2, 0.25) is 5.91 Å². The van der Waals surface area contributed by atoms with Crippen LogP contribution in [-0.2, 0) is 4.79 Å². The molecule has 0 saturated heterocycles. The normalized spacial score (nSPS) is 16.9. The first-order chi connectivity index (χ1) is 9.83. The standard InChI is InChI=1S/C16H15NO3/c18-16(8-7-13-4-3-9-19-13)17-10-12-11-20-15-6-2-1-5-14(12)15/h1-9,12H,10-11H2,(H,17,18). The highest BCUT2D eigenvalue weighted by molar-refractivity contribution is 5.91. The van der Waals surface area contributed by atoms with Gasteiger partial charge in [0.1, 0.15) is 11.5 Å². The summed E-state index contributed by atoms with van der Waals surface area (Å²) in [7, 11) is 0. The van der Waals surface area contributed by atoms with E-state index in [1.54, 1.807) is 24.5 Å². The summed E-state index contributed by atoms with van der Waals surface area (Å²) in [4.78, 5) is 11.7. The molecule has 20 heavy (non-hydrogen) atoms. The predicted molar refractivity (Wildman–Crippen MR) is 75.4 cm³/mol. The van der Waals surface area contributed by atoms with Crippen LogP contribution >= 0.6 is 0 Å². The maximum Gasteiger partial charge on any atom is 0.244 e. The first-order valence-corrected chi connectivity index (χ1v) is 6.54. The smallest absolute Gasteiger partial charge is 0.244 e. The van der Waals surface area contributed by atoms with Gasteiger partial charge in [0, 0.05) is 24.1 Å². The summed E-state index contributed by atoms with van der Waals surface area (Å²) in [6.45, 7) is 1.18. The van der Waals surface area contributed by atoms with Gasteiger partial charge in [0.05, 0.1) is 12.9 Å². The largest absolute Gasteiger partial charge is 0.493 e. The van der Waals surface area contributed by atoms with Crippen molar-refractivity contribution in [2.75, 3.05) is 13.2 Å². The topological polar surface area (TPSA) is 51.5 Å². The number of benzene rings is 1. The number of rotatable bonds is 4. The predicted octanol–water partition coefficient (Wildman–Crippen LogP) is 2.59.